The van der Waals surface area contributed by atoms with Crippen molar-refractivity contribution in [1.82, 2.24) is 25.8 Å². The number of nitrogens with zero attached hydrogens (tertiary/aromatic N) is 6. The highest BCUT2D eigenvalue weighted by Gasteiger charge is 2.41. The van der Waals surface area contributed by atoms with Gasteiger partial charge in [-0.05, 0) is 63.3 Å². The number of rotatable bonds is 8. The molecule has 40 heavy (non-hydrogen) atoms. The van der Waals surface area contributed by atoms with Crippen molar-refractivity contribution < 1.29 is 22.7 Å². The van der Waals surface area contributed by atoms with Crippen molar-refractivity contribution in [3.05, 3.63) is 47.3 Å². The van der Waals surface area contributed by atoms with Gasteiger partial charge >= 0.3 is 12.3 Å². The predicted octanol–water partition coefficient (Wildman–Crippen LogP) is 5.12. The average molecular weight is 564 g/mol. The summed E-state index contributed by atoms with van der Waals surface area (Å²) in [6, 6.07) is 3.15. The molecule has 2 aromatic rings. The molecule has 4 atom stereocenters. The zero-order chi connectivity index (χ0) is 29.0. The second-order valence-corrected chi connectivity index (χ2v) is 10.4. The molecule has 1 saturated heterocycles. The largest absolute Gasteiger partial charge is 0.447 e. The number of likely N-dealkylation sites (tertiary alicyclic amines) is 1. The van der Waals surface area contributed by atoms with E-state index in [1.165, 1.54) is 6.07 Å². The van der Waals surface area contributed by atoms with Crippen LogP contribution in [0.3, 0.4) is 0 Å². The van der Waals surface area contributed by atoms with E-state index in [1.54, 1.807) is 12.4 Å². The average Bonchev–Trinajstić information content (AvgIpc) is 3.45. The molecule has 2 aliphatic rings. The number of hydrogen-bond donors (Lipinski definition) is 3. The van der Waals surface area contributed by atoms with Crippen molar-refractivity contribution in [2.45, 2.75) is 96.5 Å². The number of nitrogens with two attached hydrogens (primary N) is 1. The van der Waals surface area contributed by atoms with Gasteiger partial charge in [-0.3, -0.25) is 0 Å². The van der Waals surface area contributed by atoms with Gasteiger partial charge in [0.15, 0.2) is 6.17 Å². The number of nitrogens with one attached hydrogen (secondary N) is 2. The van der Waals surface area contributed by atoms with E-state index in [9.17, 15) is 18.0 Å². The number of nitrogen functional groups attached to an aromatic ring is 1. The van der Waals surface area contributed by atoms with Gasteiger partial charge in [0.05, 0.1) is 11.7 Å². The Labute approximate surface area is 231 Å². The lowest BCUT2D eigenvalue weighted by atomic mass is 9.87. The molecular weight excluding hydrogens is 527 g/mol. The molecule has 218 valence electrons. The third-order valence-corrected chi connectivity index (χ3v) is 7.16. The summed E-state index contributed by atoms with van der Waals surface area (Å²) in [4.78, 5) is 25.9. The maximum absolute atomic E-state index is 13.6. The summed E-state index contributed by atoms with van der Waals surface area (Å²) in [6.07, 6.45) is 0.167. The summed E-state index contributed by atoms with van der Waals surface area (Å²) in [5, 5.41) is 7.70. The number of alkyl halides is 3. The molecule has 14 heteroatoms. The van der Waals surface area contributed by atoms with Crippen LogP contribution in [0.5, 0.6) is 0 Å². The van der Waals surface area contributed by atoms with Crippen molar-refractivity contribution >= 4 is 17.7 Å². The van der Waals surface area contributed by atoms with Crippen molar-refractivity contribution in [3.63, 3.8) is 0 Å². The highest BCUT2D eigenvalue weighted by molar-refractivity contribution is 5.69. The Bertz CT molecular complexity index is 1180. The summed E-state index contributed by atoms with van der Waals surface area (Å²) in [5.74, 6) is 0.357. The quantitative estimate of drug-likeness (QED) is 0.377. The van der Waals surface area contributed by atoms with E-state index in [-0.39, 0.29) is 42.6 Å². The molecule has 0 aliphatic carbocycles. The van der Waals surface area contributed by atoms with Crippen LogP contribution >= 0.6 is 0 Å². The van der Waals surface area contributed by atoms with E-state index in [2.05, 4.69) is 31.3 Å². The van der Waals surface area contributed by atoms with Crippen LogP contribution in [-0.4, -0.2) is 45.2 Å². The fraction of sp³-hybridized carbons (Fsp3) is 0.577. The molecule has 1 aromatic heterocycles. The van der Waals surface area contributed by atoms with Gasteiger partial charge in [-0.15, -0.1) is 5.11 Å². The number of hydrogen-bond acceptors (Lipinski definition) is 10. The van der Waals surface area contributed by atoms with Gasteiger partial charge in [-0.2, -0.15) is 18.6 Å². The molecule has 2 aliphatic heterocycles. The molecular formula is C26H36F3N9O2. The third kappa shape index (κ3) is 6.72. The molecule has 3 heterocycles. The van der Waals surface area contributed by atoms with Crippen LogP contribution < -0.4 is 21.6 Å². The van der Waals surface area contributed by atoms with Crippen LogP contribution in [0.25, 0.3) is 0 Å². The number of ether oxygens (including phenoxy) is 1. The van der Waals surface area contributed by atoms with E-state index < -0.39 is 17.9 Å². The number of benzene rings is 1. The van der Waals surface area contributed by atoms with E-state index >= 15 is 0 Å². The van der Waals surface area contributed by atoms with E-state index in [4.69, 9.17) is 10.5 Å². The summed E-state index contributed by atoms with van der Waals surface area (Å²) < 4.78 is 46.3. The monoisotopic (exact) mass is 563 g/mol. The first-order valence-corrected chi connectivity index (χ1v) is 13.4. The number of anilines is 2. The minimum absolute atomic E-state index is 0.0235. The highest BCUT2D eigenvalue weighted by atomic mass is 19.4. The number of carbonyl (C=O) groups excluding carboxylic acids is 1. The molecule has 0 radical (unpaired) electrons. The maximum atomic E-state index is 13.6. The Morgan fingerprint density at radius 3 is 2.33 bits per heavy atom. The Hall–Kier alpha value is -3.68. The first-order valence-electron chi connectivity index (χ1n) is 13.4. The Kier molecular flexibility index (Phi) is 8.96. The van der Waals surface area contributed by atoms with Crippen LogP contribution in [-0.2, 0) is 17.5 Å². The van der Waals surface area contributed by atoms with Gasteiger partial charge < -0.3 is 20.3 Å². The van der Waals surface area contributed by atoms with E-state index in [1.807, 2.05) is 37.5 Å². The number of hydrazine groups is 1. The van der Waals surface area contributed by atoms with Crippen molar-refractivity contribution in [1.29, 1.82) is 0 Å². The summed E-state index contributed by atoms with van der Waals surface area (Å²) >= 11 is 0. The smallest absolute Gasteiger partial charge is 0.416 e. The minimum atomic E-state index is -4.54. The fourth-order valence-electron chi connectivity index (χ4n) is 5.30. The summed E-state index contributed by atoms with van der Waals surface area (Å²) in [5.41, 5.74) is 11.6. The third-order valence-electron chi connectivity index (χ3n) is 7.16. The second-order valence-electron chi connectivity index (χ2n) is 10.4. The number of halogens is 3. The SMILES string of the molecule is CC[C@@H]1C[C@H](N(Cc2cc(N)cc(C(F)(F)F)c2)c2ncc(C3N=NNN3)cn2)C[C@H](CC)N1C(=O)OC(C)C. The van der Waals surface area contributed by atoms with Crippen molar-refractivity contribution in [2.75, 3.05) is 10.6 Å². The van der Waals surface area contributed by atoms with Crippen molar-refractivity contribution in [3.8, 4) is 0 Å². The van der Waals surface area contributed by atoms with Gasteiger partial charge in [-0.1, -0.05) is 19.1 Å². The normalized spacial score (nSPS) is 22.9. The molecule has 4 rings (SSSR count). The Balaban J connectivity index is 1.69. The maximum Gasteiger partial charge on any atom is 0.416 e. The molecule has 0 bridgehead atoms. The molecule has 0 spiro atoms. The van der Waals surface area contributed by atoms with E-state index in [0.29, 0.717) is 42.8 Å². The topological polar surface area (TPSA) is 133 Å². The first kappa shape index (κ1) is 29.3. The van der Waals surface area contributed by atoms with Gasteiger partial charge in [0.2, 0.25) is 5.95 Å². The fourth-order valence-corrected chi connectivity index (χ4v) is 5.30. The van der Waals surface area contributed by atoms with Crippen LogP contribution in [0.15, 0.2) is 40.9 Å². The molecule has 4 N–H and O–H groups in total. The highest BCUT2D eigenvalue weighted by Crippen LogP contribution is 2.35. The lowest BCUT2D eigenvalue weighted by Crippen LogP contribution is -2.57. The van der Waals surface area contributed by atoms with Crippen LogP contribution in [0.4, 0.5) is 29.6 Å². The van der Waals surface area contributed by atoms with Gasteiger partial charge in [0.25, 0.3) is 0 Å². The van der Waals surface area contributed by atoms with Crippen LogP contribution in [0.1, 0.15) is 76.2 Å². The summed E-state index contributed by atoms with van der Waals surface area (Å²) in [7, 11) is 0. The second kappa shape index (κ2) is 12.2. The number of aromatic nitrogens is 2. The van der Waals surface area contributed by atoms with E-state index in [0.717, 1.165) is 12.1 Å². The standard InChI is InChI=1S/C26H36F3N9O2/c1-5-20-10-22(11-21(6-2)38(20)25(39)40-15(3)4)37(14-16-7-18(26(27,28)29)9-19(30)8-16)24-31-12-17(13-32-24)23-33-35-36-34-23/h7-9,12-13,15,20-23H,5-6,10-11,14,30H2,1-4H3,(H,33,36)(H,34,35)/t20-,21+,22+. The first-order chi connectivity index (χ1) is 19.0. The molecule has 0 saturated carbocycles. The lowest BCUT2D eigenvalue weighted by molar-refractivity contribution is -0.137. The zero-order valence-electron chi connectivity index (χ0n) is 23.0. The van der Waals surface area contributed by atoms with Crippen LogP contribution in [0, 0.1) is 0 Å². The molecule has 1 aromatic carbocycles. The molecule has 11 nitrogen and oxygen atoms in total. The minimum Gasteiger partial charge on any atom is -0.447 e. The van der Waals surface area contributed by atoms with Crippen LogP contribution in [0.2, 0.25) is 0 Å². The van der Waals surface area contributed by atoms with Gasteiger partial charge in [0, 0.05) is 48.3 Å². The summed E-state index contributed by atoms with van der Waals surface area (Å²) in [6.45, 7) is 7.75. The molecule has 1 fully saturated rings. The predicted molar refractivity (Wildman–Crippen MR) is 143 cm³/mol. The Morgan fingerprint density at radius 1 is 1.15 bits per heavy atom. The zero-order valence-corrected chi connectivity index (χ0v) is 23.0. The Morgan fingerprint density at radius 2 is 1.80 bits per heavy atom. The molecule has 1 unspecified atom stereocenters. The van der Waals surface area contributed by atoms with Gasteiger partial charge in [0.1, 0.15) is 0 Å². The molecule has 1 amide bonds. The number of carbonyl (C=O) groups is 1. The number of piperidine rings is 1. The lowest BCUT2D eigenvalue weighted by Gasteiger charge is -2.47. The van der Waals surface area contributed by atoms with Gasteiger partial charge in [-0.25, -0.2) is 20.3 Å². The number of amides is 1. The van der Waals surface area contributed by atoms with Crippen molar-refractivity contribution in [2.24, 2.45) is 10.3 Å².